The summed E-state index contributed by atoms with van der Waals surface area (Å²) in [5.74, 6) is 1.14. The van der Waals surface area contributed by atoms with Crippen molar-refractivity contribution in [3.8, 4) is 0 Å². The minimum Gasteiger partial charge on any atom is -0.0965 e. The van der Waals surface area contributed by atoms with E-state index in [1.165, 1.54) is 173 Å². The zero-order chi connectivity index (χ0) is 29.8. The first-order valence-electron chi connectivity index (χ1n) is 18.8. The van der Waals surface area contributed by atoms with Crippen LogP contribution in [0.2, 0.25) is 0 Å². The first-order valence-corrected chi connectivity index (χ1v) is 18.8. The highest BCUT2D eigenvalue weighted by Gasteiger charge is 2.35. The van der Waals surface area contributed by atoms with E-state index in [1.807, 2.05) is 12.4 Å². The molecule has 0 radical (unpaired) electrons. The van der Waals surface area contributed by atoms with E-state index in [4.69, 9.17) is 9.98 Å². The molecule has 2 rings (SSSR count). The second-order valence-corrected chi connectivity index (χ2v) is 13.3. The molecule has 0 aliphatic carbocycles. The minimum atomic E-state index is 0.496. The predicted octanol–water partition coefficient (Wildman–Crippen LogP) is 13.3. The van der Waals surface area contributed by atoms with Crippen LogP contribution >= 0.6 is 0 Å². The average molecular weight is 578 g/mol. The topological polar surface area (TPSA) is 24.7 Å². The van der Waals surface area contributed by atoms with Crippen molar-refractivity contribution in [3.63, 3.8) is 0 Å². The Labute approximate surface area is 263 Å². The number of nitrogens with zero attached hydrogens (tertiary/aromatic N) is 2. The summed E-state index contributed by atoms with van der Waals surface area (Å²) in [6.07, 6.45) is 42.6. The fourth-order valence-corrected chi connectivity index (χ4v) is 6.83. The normalized spacial score (nSPS) is 14.2. The van der Waals surface area contributed by atoms with Crippen LogP contribution < -0.4 is 0 Å². The van der Waals surface area contributed by atoms with Crippen LogP contribution in [0.15, 0.2) is 40.3 Å². The molecule has 0 aromatic heterocycles. The maximum atomic E-state index is 4.75. The summed E-state index contributed by atoms with van der Waals surface area (Å²) in [6.45, 7) is 4.61. The largest absolute Gasteiger partial charge is 0.244 e. The summed E-state index contributed by atoms with van der Waals surface area (Å²) in [7, 11) is 0. The maximum absolute atomic E-state index is 4.75. The smallest absolute Gasteiger partial charge is 0.0965 e. The van der Waals surface area contributed by atoms with Crippen molar-refractivity contribution < 1.29 is 0 Å². The summed E-state index contributed by atoms with van der Waals surface area (Å²) in [6, 6.07) is 11.2. The van der Waals surface area contributed by atoms with E-state index in [1.54, 1.807) is 0 Å². The first kappa shape index (κ1) is 36.6. The molecule has 1 aromatic rings. The van der Waals surface area contributed by atoms with E-state index in [2.05, 4.69) is 44.2 Å². The number of aliphatic imine (C=N–C) groups is 2. The summed E-state index contributed by atoms with van der Waals surface area (Å²) < 4.78 is 0. The Morgan fingerprint density at radius 1 is 0.476 bits per heavy atom. The van der Waals surface area contributed by atoms with E-state index < -0.39 is 0 Å². The zero-order valence-corrected chi connectivity index (χ0v) is 28.2. The Bertz CT molecular complexity index is 742. The summed E-state index contributed by atoms with van der Waals surface area (Å²) in [4.78, 5) is 9.50. The Hall–Kier alpha value is -1.57. The van der Waals surface area contributed by atoms with Gasteiger partial charge in [-0.25, -0.2) is 0 Å². The molecule has 42 heavy (non-hydrogen) atoms. The van der Waals surface area contributed by atoms with E-state index in [0.717, 1.165) is 12.6 Å². The number of rotatable bonds is 30. The summed E-state index contributed by atoms with van der Waals surface area (Å²) in [5.41, 5.74) is 1.48. The zero-order valence-electron chi connectivity index (χ0n) is 28.2. The Kier molecular flexibility index (Phi) is 23.6. The van der Waals surface area contributed by atoms with Gasteiger partial charge in [0, 0.05) is 0 Å². The molecule has 0 saturated heterocycles. The highest BCUT2D eigenvalue weighted by molar-refractivity contribution is 6.18. The van der Waals surface area contributed by atoms with Crippen molar-refractivity contribution in [2.24, 2.45) is 21.8 Å². The third-order valence-corrected chi connectivity index (χ3v) is 9.52. The SMILES string of the molecule is CCCCCCCCCCCCCCCC(Cc1ccccc1)C(CCCCCCCCCCCCC)[C+]1N=CC=N1. The van der Waals surface area contributed by atoms with Crippen molar-refractivity contribution in [2.45, 2.75) is 187 Å². The van der Waals surface area contributed by atoms with Crippen molar-refractivity contribution >= 4 is 12.4 Å². The number of hydrogen-bond acceptors (Lipinski definition) is 2. The van der Waals surface area contributed by atoms with Gasteiger partial charge in [0.1, 0.15) is 0 Å². The highest BCUT2D eigenvalue weighted by Crippen LogP contribution is 2.37. The fourth-order valence-electron chi connectivity index (χ4n) is 6.83. The molecule has 2 nitrogen and oxygen atoms in total. The van der Waals surface area contributed by atoms with Crippen molar-refractivity contribution in [3.05, 3.63) is 42.1 Å². The minimum absolute atomic E-state index is 0.496. The molecule has 1 aliphatic heterocycles. The van der Waals surface area contributed by atoms with Crippen LogP contribution in [0.4, 0.5) is 0 Å². The lowest BCUT2D eigenvalue weighted by atomic mass is 9.78. The lowest BCUT2D eigenvalue weighted by Crippen LogP contribution is -2.22. The molecular formula is C40H69N2+. The lowest BCUT2D eigenvalue weighted by molar-refractivity contribution is 0.284. The molecule has 238 valence electrons. The van der Waals surface area contributed by atoms with Crippen LogP contribution in [0.5, 0.6) is 0 Å². The quantitative estimate of drug-likeness (QED) is 0.0641. The Balaban J connectivity index is 1.70. The third kappa shape index (κ3) is 18.9. The second-order valence-electron chi connectivity index (χ2n) is 13.3. The standard InChI is InChI=1S/C40H69N2/c1-3-5-7-9-11-13-15-16-18-19-21-23-28-32-38(36-37-30-26-25-27-31-37)39(40-41-34-35-42-40)33-29-24-22-20-17-14-12-10-8-6-4-2/h25-27,30-31,34-35,38-39H,3-24,28-29,32-33,36H2,1-2H3/q+1. The van der Waals surface area contributed by atoms with Gasteiger partial charge in [-0.15, -0.1) is 0 Å². The van der Waals surface area contributed by atoms with Gasteiger partial charge in [0.05, 0.1) is 5.92 Å². The maximum Gasteiger partial charge on any atom is 0.244 e. The molecular weight excluding hydrogens is 508 g/mol. The van der Waals surface area contributed by atoms with Crippen LogP contribution in [-0.2, 0) is 6.42 Å². The Morgan fingerprint density at radius 3 is 1.29 bits per heavy atom. The molecule has 0 saturated carbocycles. The fraction of sp³-hybridized carbons (Fsp3) is 0.775. The molecule has 1 heterocycles. The van der Waals surface area contributed by atoms with Crippen molar-refractivity contribution in [2.75, 3.05) is 0 Å². The van der Waals surface area contributed by atoms with E-state index in [-0.39, 0.29) is 0 Å². The van der Waals surface area contributed by atoms with Gasteiger partial charge in [-0.05, 0) is 30.7 Å². The average Bonchev–Trinajstić information content (AvgIpc) is 3.55. The summed E-state index contributed by atoms with van der Waals surface area (Å²) >= 11 is 0. The van der Waals surface area contributed by atoms with Crippen LogP contribution in [0.25, 0.3) is 0 Å². The van der Waals surface area contributed by atoms with Gasteiger partial charge in [0.15, 0.2) is 12.4 Å². The van der Waals surface area contributed by atoms with Crippen molar-refractivity contribution in [1.82, 2.24) is 0 Å². The first-order chi connectivity index (χ1) is 20.8. The molecule has 2 atom stereocenters. The molecule has 2 heteroatoms. The number of benzene rings is 1. The van der Waals surface area contributed by atoms with E-state index in [9.17, 15) is 0 Å². The lowest BCUT2D eigenvalue weighted by Gasteiger charge is -2.26. The van der Waals surface area contributed by atoms with E-state index in [0.29, 0.717) is 11.8 Å². The van der Waals surface area contributed by atoms with Gasteiger partial charge in [-0.2, -0.15) is 0 Å². The molecule has 0 fully saturated rings. The number of hydrogen-bond donors (Lipinski definition) is 0. The third-order valence-electron chi connectivity index (χ3n) is 9.52. The molecule has 2 unspecified atom stereocenters. The monoisotopic (exact) mass is 578 g/mol. The van der Waals surface area contributed by atoms with Gasteiger partial charge in [-0.3, -0.25) is 0 Å². The van der Waals surface area contributed by atoms with Gasteiger partial charge in [0.2, 0.25) is 6.17 Å². The number of unbranched alkanes of at least 4 members (excludes halogenated alkanes) is 22. The highest BCUT2D eigenvalue weighted by atomic mass is 15.0. The van der Waals surface area contributed by atoms with Crippen molar-refractivity contribution in [1.29, 1.82) is 0 Å². The van der Waals surface area contributed by atoms with Crippen LogP contribution in [0.1, 0.15) is 186 Å². The second kappa shape index (κ2) is 27.0. The van der Waals surface area contributed by atoms with Crippen LogP contribution in [0.3, 0.4) is 0 Å². The van der Waals surface area contributed by atoms with Gasteiger partial charge in [0.25, 0.3) is 0 Å². The molecule has 0 bridgehead atoms. The van der Waals surface area contributed by atoms with E-state index >= 15 is 0 Å². The predicted molar refractivity (Wildman–Crippen MR) is 189 cm³/mol. The molecule has 0 amide bonds. The van der Waals surface area contributed by atoms with Gasteiger partial charge < -0.3 is 0 Å². The summed E-state index contributed by atoms with van der Waals surface area (Å²) in [5, 5.41) is 0. The molecule has 1 aliphatic rings. The van der Waals surface area contributed by atoms with Gasteiger partial charge >= 0.3 is 0 Å². The molecule has 1 aromatic carbocycles. The molecule has 0 spiro atoms. The molecule has 0 N–H and O–H groups in total. The Morgan fingerprint density at radius 2 is 0.857 bits per heavy atom. The van der Waals surface area contributed by atoms with Crippen LogP contribution in [-0.4, -0.2) is 12.4 Å². The van der Waals surface area contributed by atoms with Gasteiger partial charge in [-0.1, -0.05) is 208 Å². The van der Waals surface area contributed by atoms with Crippen LogP contribution in [0, 0.1) is 18.0 Å².